The van der Waals surface area contributed by atoms with Crippen LogP contribution in [0.3, 0.4) is 0 Å². The van der Waals surface area contributed by atoms with Crippen LogP contribution in [0.2, 0.25) is 10.0 Å². The van der Waals surface area contributed by atoms with E-state index in [1.54, 1.807) is 36.4 Å². The van der Waals surface area contributed by atoms with E-state index in [1.807, 2.05) is 4.90 Å². The van der Waals surface area contributed by atoms with Gasteiger partial charge in [0.1, 0.15) is 17.1 Å². The number of piperidine rings is 1. The van der Waals surface area contributed by atoms with Crippen LogP contribution in [0.1, 0.15) is 53.3 Å². The normalized spacial score (nSPS) is 17.3. The monoisotopic (exact) mass is 558 g/mol. The van der Waals surface area contributed by atoms with Gasteiger partial charge in [0.2, 0.25) is 0 Å². The van der Waals surface area contributed by atoms with E-state index in [-0.39, 0.29) is 37.5 Å². The lowest BCUT2D eigenvalue weighted by atomic mass is 9.94. The number of aromatic nitrogens is 3. The van der Waals surface area contributed by atoms with Crippen LogP contribution in [0.5, 0.6) is 0 Å². The SMILES string of the molecule is O=C(O)c1ccc2c(N3CCC(F)(COCc4c(-c5c(Cl)cccc5Cl)noc4C4CC4)CC3)n[nH]c2c1. The first kappa shape index (κ1) is 25.2. The fourth-order valence-electron chi connectivity index (χ4n) is 5.03. The molecule has 2 aromatic carbocycles. The second kappa shape index (κ2) is 9.87. The molecule has 0 radical (unpaired) electrons. The van der Waals surface area contributed by atoms with Crippen molar-refractivity contribution >= 4 is 45.9 Å². The van der Waals surface area contributed by atoms with Crippen molar-refractivity contribution in [3.05, 3.63) is 63.3 Å². The molecule has 2 aliphatic rings. The van der Waals surface area contributed by atoms with E-state index in [4.69, 9.17) is 32.5 Å². The summed E-state index contributed by atoms with van der Waals surface area (Å²) in [6.45, 7) is 1.01. The molecule has 0 atom stereocenters. The maximum absolute atomic E-state index is 15.8. The van der Waals surface area contributed by atoms with Gasteiger partial charge in [-0.15, -0.1) is 0 Å². The predicted octanol–water partition coefficient (Wildman–Crippen LogP) is 6.63. The third kappa shape index (κ3) is 4.74. The van der Waals surface area contributed by atoms with E-state index < -0.39 is 11.6 Å². The van der Waals surface area contributed by atoms with Crippen LogP contribution in [0.25, 0.3) is 22.2 Å². The first-order chi connectivity index (χ1) is 18.3. The number of benzene rings is 2. The Hall–Kier alpha value is -3.14. The van der Waals surface area contributed by atoms with E-state index >= 15 is 4.39 Å². The first-order valence-corrected chi connectivity index (χ1v) is 13.2. The number of carboxylic acid groups (broad SMARTS) is 1. The number of anilines is 1. The maximum atomic E-state index is 15.8. The van der Waals surface area contributed by atoms with Crippen LogP contribution in [-0.4, -0.2) is 51.8 Å². The molecule has 1 saturated carbocycles. The molecular weight excluding hydrogens is 534 g/mol. The van der Waals surface area contributed by atoms with Gasteiger partial charge in [-0.3, -0.25) is 5.10 Å². The average molecular weight is 559 g/mol. The summed E-state index contributed by atoms with van der Waals surface area (Å²) in [7, 11) is 0. The molecule has 1 aliphatic carbocycles. The van der Waals surface area contributed by atoms with Gasteiger partial charge >= 0.3 is 5.97 Å². The van der Waals surface area contributed by atoms with Crippen LogP contribution >= 0.6 is 23.2 Å². The molecule has 11 heteroatoms. The summed E-state index contributed by atoms with van der Waals surface area (Å²) in [5.74, 6) is 0.740. The number of hydrogen-bond acceptors (Lipinski definition) is 6. The molecule has 198 valence electrons. The van der Waals surface area contributed by atoms with E-state index in [1.165, 1.54) is 0 Å². The summed E-state index contributed by atoms with van der Waals surface area (Å²) in [6, 6.07) is 10.1. The Bertz CT molecular complexity index is 1490. The summed E-state index contributed by atoms with van der Waals surface area (Å²) in [4.78, 5) is 13.3. The lowest BCUT2D eigenvalue weighted by molar-refractivity contribution is -0.00761. The molecule has 0 unspecified atom stereocenters. The number of fused-ring (bicyclic) bond motifs is 1. The smallest absolute Gasteiger partial charge is 0.335 e. The number of H-pyrrole nitrogens is 1. The van der Waals surface area contributed by atoms with Gasteiger partial charge in [0.15, 0.2) is 5.82 Å². The minimum absolute atomic E-state index is 0.0604. The van der Waals surface area contributed by atoms with Crippen molar-refractivity contribution in [3.8, 4) is 11.3 Å². The Kier molecular flexibility index (Phi) is 6.53. The molecule has 0 bridgehead atoms. The van der Waals surface area contributed by atoms with Crippen LogP contribution in [-0.2, 0) is 11.3 Å². The number of alkyl halides is 1. The summed E-state index contributed by atoms with van der Waals surface area (Å²) in [5, 5.41) is 22.5. The van der Waals surface area contributed by atoms with E-state index in [0.29, 0.717) is 45.7 Å². The molecule has 2 N–H and O–H groups in total. The molecule has 38 heavy (non-hydrogen) atoms. The van der Waals surface area contributed by atoms with Gasteiger partial charge in [-0.25, -0.2) is 9.18 Å². The van der Waals surface area contributed by atoms with Crippen molar-refractivity contribution in [2.75, 3.05) is 24.6 Å². The molecular formula is C27H25Cl2FN4O4. The van der Waals surface area contributed by atoms with Crippen molar-refractivity contribution in [2.24, 2.45) is 0 Å². The Morgan fingerprint density at radius 2 is 1.95 bits per heavy atom. The van der Waals surface area contributed by atoms with Crippen LogP contribution in [0.15, 0.2) is 40.9 Å². The van der Waals surface area contributed by atoms with Crippen molar-refractivity contribution in [3.63, 3.8) is 0 Å². The van der Waals surface area contributed by atoms with Crippen LogP contribution in [0.4, 0.5) is 10.2 Å². The highest BCUT2D eigenvalue weighted by Crippen LogP contribution is 2.46. The molecule has 1 saturated heterocycles. The number of aromatic amines is 1. The molecule has 4 aromatic rings. The Morgan fingerprint density at radius 3 is 2.63 bits per heavy atom. The largest absolute Gasteiger partial charge is 0.478 e. The number of aromatic carboxylic acids is 1. The topological polar surface area (TPSA) is 104 Å². The fraction of sp³-hybridized carbons (Fsp3) is 0.370. The highest BCUT2D eigenvalue weighted by molar-refractivity contribution is 6.39. The molecule has 2 aromatic heterocycles. The zero-order chi connectivity index (χ0) is 26.4. The molecule has 1 aliphatic heterocycles. The molecule has 2 fully saturated rings. The first-order valence-electron chi connectivity index (χ1n) is 12.5. The highest BCUT2D eigenvalue weighted by atomic mass is 35.5. The van der Waals surface area contributed by atoms with E-state index in [0.717, 1.165) is 29.6 Å². The number of carbonyl (C=O) groups is 1. The number of nitrogens with one attached hydrogen (secondary N) is 1. The Balaban J connectivity index is 1.13. The third-order valence-electron chi connectivity index (χ3n) is 7.32. The number of halogens is 3. The number of nitrogens with zero attached hydrogens (tertiary/aromatic N) is 3. The van der Waals surface area contributed by atoms with E-state index in [9.17, 15) is 9.90 Å². The zero-order valence-electron chi connectivity index (χ0n) is 20.3. The van der Waals surface area contributed by atoms with Crippen molar-refractivity contribution in [1.29, 1.82) is 0 Å². The molecule has 0 spiro atoms. The zero-order valence-corrected chi connectivity index (χ0v) is 21.9. The van der Waals surface area contributed by atoms with Crippen molar-refractivity contribution in [2.45, 2.75) is 43.9 Å². The lowest BCUT2D eigenvalue weighted by Gasteiger charge is -2.36. The second-order valence-electron chi connectivity index (χ2n) is 9.99. The average Bonchev–Trinajstić information content (AvgIpc) is 3.53. The van der Waals surface area contributed by atoms with Gasteiger partial charge in [-0.05, 0) is 43.2 Å². The number of hydrogen-bond donors (Lipinski definition) is 2. The standard InChI is InChI=1S/C27H25Cl2FN4O4/c28-19-2-1-3-20(29)22(19)23-18(24(38-33-23)15-4-5-15)13-37-14-27(30)8-10-34(11-9-27)25-17-7-6-16(26(35)36)12-21(17)31-32-25/h1-3,6-7,12,15H,4-5,8-11,13-14H2,(H,31,32)(H,35,36). The molecule has 8 nitrogen and oxygen atoms in total. The van der Waals surface area contributed by atoms with Crippen LogP contribution in [0, 0.1) is 0 Å². The highest BCUT2D eigenvalue weighted by Gasteiger charge is 2.37. The maximum Gasteiger partial charge on any atom is 0.335 e. The second-order valence-corrected chi connectivity index (χ2v) is 10.8. The number of rotatable bonds is 8. The van der Waals surface area contributed by atoms with Gasteiger partial charge in [0.25, 0.3) is 0 Å². The summed E-state index contributed by atoms with van der Waals surface area (Å²) in [6.07, 6.45) is 2.58. The predicted molar refractivity (Wildman–Crippen MR) is 142 cm³/mol. The van der Waals surface area contributed by atoms with Gasteiger partial charge in [-0.2, -0.15) is 5.10 Å². The minimum atomic E-state index is -1.49. The number of carboxylic acids is 1. The summed E-state index contributed by atoms with van der Waals surface area (Å²) in [5.41, 5.74) is 1.24. The number of ether oxygens (including phenoxy) is 1. The quantitative estimate of drug-likeness (QED) is 0.250. The summed E-state index contributed by atoms with van der Waals surface area (Å²) < 4.78 is 27.4. The fourth-order valence-corrected chi connectivity index (χ4v) is 5.60. The summed E-state index contributed by atoms with van der Waals surface area (Å²) >= 11 is 12.9. The lowest BCUT2D eigenvalue weighted by Crippen LogP contribution is -2.44. The molecule has 3 heterocycles. The minimum Gasteiger partial charge on any atom is -0.478 e. The Labute approximate surface area is 227 Å². The Morgan fingerprint density at radius 1 is 1.21 bits per heavy atom. The molecule has 0 amide bonds. The van der Waals surface area contributed by atoms with Gasteiger partial charge in [-0.1, -0.05) is 34.4 Å². The van der Waals surface area contributed by atoms with Crippen LogP contribution < -0.4 is 4.90 Å². The molecule has 6 rings (SSSR count). The van der Waals surface area contributed by atoms with Crippen molar-refractivity contribution in [1.82, 2.24) is 15.4 Å². The van der Waals surface area contributed by atoms with Gasteiger partial charge in [0.05, 0.1) is 34.3 Å². The van der Waals surface area contributed by atoms with Gasteiger partial charge in [0, 0.05) is 48.4 Å². The van der Waals surface area contributed by atoms with E-state index in [2.05, 4.69) is 15.4 Å². The third-order valence-corrected chi connectivity index (χ3v) is 7.95. The van der Waals surface area contributed by atoms with Crippen molar-refractivity contribution < 1.29 is 23.6 Å². The van der Waals surface area contributed by atoms with Gasteiger partial charge < -0.3 is 19.3 Å².